The van der Waals surface area contributed by atoms with Crippen LogP contribution in [0.15, 0.2) is 59.8 Å². The van der Waals surface area contributed by atoms with Crippen LogP contribution in [0.4, 0.5) is 10.5 Å². The molecular formula is C17H18N6O2. The SMILES string of the molecule is C[C@H](NC(=O)Nc1cccn(C)c1=O)c1ccc(-n2ccnn2)cc1. The van der Waals surface area contributed by atoms with Crippen molar-refractivity contribution in [2.24, 2.45) is 7.05 Å². The topological polar surface area (TPSA) is 93.8 Å². The Hall–Kier alpha value is -3.42. The Morgan fingerprint density at radius 3 is 2.60 bits per heavy atom. The predicted molar refractivity (Wildman–Crippen MR) is 93.6 cm³/mol. The Labute approximate surface area is 144 Å². The lowest BCUT2D eigenvalue weighted by atomic mass is 10.1. The summed E-state index contributed by atoms with van der Waals surface area (Å²) < 4.78 is 3.06. The molecule has 0 unspecified atom stereocenters. The monoisotopic (exact) mass is 338 g/mol. The first-order valence-electron chi connectivity index (χ1n) is 7.74. The largest absolute Gasteiger partial charge is 0.331 e. The summed E-state index contributed by atoms with van der Waals surface area (Å²) in [5, 5.41) is 13.1. The van der Waals surface area contributed by atoms with Gasteiger partial charge in [-0.15, -0.1) is 5.10 Å². The van der Waals surface area contributed by atoms with Gasteiger partial charge in [0.1, 0.15) is 5.69 Å². The van der Waals surface area contributed by atoms with Crippen LogP contribution >= 0.6 is 0 Å². The molecule has 2 N–H and O–H groups in total. The highest BCUT2D eigenvalue weighted by Gasteiger charge is 2.11. The molecule has 1 atom stereocenters. The number of carbonyl (C=O) groups excluding carboxylic acids is 1. The maximum atomic E-state index is 12.1. The summed E-state index contributed by atoms with van der Waals surface area (Å²) in [5.74, 6) is 0. The van der Waals surface area contributed by atoms with Crippen LogP contribution in [-0.2, 0) is 7.05 Å². The summed E-state index contributed by atoms with van der Waals surface area (Å²) in [6.45, 7) is 1.87. The molecule has 0 radical (unpaired) electrons. The Morgan fingerprint density at radius 2 is 1.92 bits per heavy atom. The molecule has 8 heteroatoms. The van der Waals surface area contributed by atoms with Gasteiger partial charge < -0.3 is 15.2 Å². The van der Waals surface area contributed by atoms with E-state index in [-0.39, 0.29) is 17.3 Å². The summed E-state index contributed by atoms with van der Waals surface area (Å²) in [4.78, 5) is 24.0. The molecule has 2 heterocycles. The minimum absolute atomic E-state index is 0.225. The minimum atomic E-state index is -0.434. The van der Waals surface area contributed by atoms with Gasteiger partial charge in [0, 0.05) is 13.2 Å². The summed E-state index contributed by atoms with van der Waals surface area (Å²) in [6, 6.07) is 10.2. The molecule has 0 aliphatic carbocycles. The first-order valence-corrected chi connectivity index (χ1v) is 7.74. The van der Waals surface area contributed by atoms with Gasteiger partial charge in [0.05, 0.1) is 24.1 Å². The number of anilines is 1. The van der Waals surface area contributed by atoms with Crippen molar-refractivity contribution in [2.45, 2.75) is 13.0 Å². The number of amides is 2. The normalized spacial score (nSPS) is 11.8. The number of rotatable bonds is 4. The maximum absolute atomic E-state index is 12.1. The molecule has 3 rings (SSSR count). The minimum Gasteiger partial charge on any atom is -0.331 e. The standard InChI is InChI=1S/C17H18N6O2/c1-12(13-5-7-14(8-6-13)23-11-9-18-21-23)19-17(25)20-15-4-3-10-22(2)16(15)24/h3-12H,1-2H3,(H2,19,20,25)/t12-/m0/s1. The number of aromatic nitrogens is 4. The Kier molecular flexibility index (Phi) is 4.60. The van der Waals surface area contributed by atoms with Crippen LogP contribution < -0.4 is 16.2 Å². The fraction of sp³-hybridized carbons (Fsp3) is 0.176. The van der Waals surface area contributed by atoms with Crippen LogP contribution in [0.25, 0.3) is 5.69 Å². The molecule has 2 aromatic heterocycles. The molecule has 1 aromatic carbocycles. The fourth-order valence-electron chi connectivity index (χ4n) is 2.39. The predicted octanol–water partition coefficient (Wildman–Crippen LogP) is 1.85. The molecule has 0 spiro atoms. The maximum Gasteiger partial charge on any atom is 0.319 e. The third kappa shape index (κ3) is 3.74. The van der Waals surface area contributed by atoms with Gasteiger partial charge in [0.2, 0.25) is 0 Å². The summed E-state index contributed by atoms with van der Waals surface area (Å²) in [5.41, 5.74) is 1.78. The van der Waals surface area contributed by atoms with E-state index in [1.807, 2.05) is 31.2 Å². The second kappa shape index (κ2) is 7.00. The van der Waals surface area contributed by atoms with Crippen molar-refractivity contribution in [1.29, 1.82) is 0 Å². The highest BCUT2D eigenvalue weighted by atomic mass is 16.2. The van der Waals surface area contributed by atoms with Crippen LogP contribution in [0.1, 0.15) is 18.5 Å². The third-order valence-electron chi connectivity index (χ3n) is 3.80. The molecular weight excluding hydrogens is 320 g/mol. The van der Waals surface area contributed by atoms with E-state index < -0.39 is 6.03 Å². The smallest absolute Gasteiger partial charge is 0.319 e. The fourth-order valence-corrected chi connectivity index (χ4v) is 2.39. The zero-order valence-electron chi connectivity index (χ0n) is 13.9. The number of hydrogen-bond donors (Lipinski definition) is 2. The molecule has 25 heavy (non-hydrogen) atoms. The van der Waals surface area contributed by atoms with Crippen molar-refractivity contribution in [3.63, 3.8) is 0 Å². The van der Waals surface area contributed by atoms with Gasteiger partial charge in [-0.1, -0.05) is 17.3 Å². The number of nitrogens with one attached hydrogen (secondary N) is 2. The van der Waals surface area contributed by atoms with E-state index in [0.29, 0.717) is 0 Å². The lowest BCUT2D eigenvalue weighted by Crippen LogP contribution is -2.33. The van der Waals surface area contributed by atoms with Crippen molar-refractivity contribution < 1.29 is 4.79 Å². The molecule has 2 amide bonds. The van der Waals surface area contributed by atoms with Crippen LogP contribution in [0.2, 0.25) is 0 Å². The van der Waals surface area contributed by atoms with E-state index in [4.69, 9.17) is 0 Å². The van der Waals surface area contributed by atoms with Crippen LogP contribution in [0, 0.1) is 0 Å². The Bertz CT molecular complexity index is 915. The van der Waals surface area contributed by atoms with E-state index in [9.17, 15) is 9.59 Å². The zero-order valence-corrected chi connectivity index (χ0v) is 13.9. The van der Waals surface area contributed by atoms with Gasteiger partial charge in [-0.25, -0.2) is 9.48 Å². The van der Waals surface area contributed by atoms with Crippen LogP contribution in [-0.4, -0.2) is 25.6 Å². The van der Waals surface area contributed by atoms with Crippen molar-refractivity contribution in [3.8, 4) is 5.69 Å². The first kappa shape index (κ1) is 16.4. The van der Waals surface area contributed by atoms with Crippen molar-refractivity contribution >= 4 is 11.7 Å². The van der Waals surface area contributed by atoms with Gasteiger partial charge in [-0.05, 0) is 36.8 Å². The van der Waals surface area contributed by atoms with Gasteiger partial charge in [0.15, 0.2) is 0 Å². The number of nitrogens with zero attached hydrogens (tertiary/aromatic N) is 4. The number of benzene rings is 1. The Morgan fingerprint density at radius 1 is 1.16 bits per heavy atom. The highest BCUT2D eigenvalue weighted by Crippen LogP contribution is 2.15. The highest BCUT2D eigenvalue weighted by molar-refractivity contribution is 5.89. The van der Waals surface area contributed by atoms with Gasteiger partial charge in [-0.2, -0.15) is 0 Å². The average molecular weight is 338 g/mol. The number of urea groups is 1. The van der Waals surface area contributed by atoms with Gasteiger partial charge in [0.25, 0.3) is 5.56 Å². The molecule has 128 valence electrons. The van der Waals surface area contributed by atoms with Crippen molar-refractivity contribution in [1.82, 2.24) is 24.9 Å². The average Bonchev–Trinajstić information content (AvgIpc) is 3.13. The lowest BCUT2D eigenvalue weighted by Gasteiger charge is -2.15. The molecule has 0 saturated heterocycles. The van der Waals surface area contributed by atoms with E-state index >= 15 is 0 Å². The van der Waals surface area contributed by atoms with Gasteiger partial charge in [-0.3, -0.25) is 4.79 Å². The zero-order chi connectivity index (χ0) is 17.8. The molecule has 0 bridgehead atoms. The molecule has 0 aliphatic rings. The number of pyridine rings is 1. The van der Waals surface area contributed by atoms with Crippen LogP contribution in [0.3, 0.4) is 0 Å². The number of aryl methyl sites for hydroxylation is 1. The summed E-state index contributed by atoms with van der Waals surface area (Å²) >= 11 is 0. The van der Waals surface area contributed by atoms with Crippen molar-refractivity contribution in [2.75, 3.05) is 5.32 Å². The number of carbonyl (C=O) groups is 1. The second-order valence-corrected chi connectivity index (χ2v) is 5.60. The first-order chi connectivity index (χ1) is 12.0. The van der Waals surface area contributed by atoms with Crippen LogP contribution in [0.5, 0.6) is 0 Å². The molecule has 0 fully saturated rings. The van der Waals surface area contributed by atoms with Gasteiger partial charge >= 0.3 is 6.03 Å². The quantitative estimate of drug-likeness (QED) is 0.759. The summed E-state index contributed by atoms with van der Waals surface area (Å²) in [6.07, 6.45) is 4.99. The van der Waals surface area contributed by atoms with E-state index in [0.717, 1.165) is 11.3 Å². The molecule has 8 nitrogen and oxygen atoms in total. The van der Waals surface area contributed by atoms with E-state index in [1.54, 1.807) is 42.5 Å². The molecule has 3 aromatic rings. The number of hydrogen-bond acceptors (Lipinski definition) is 4. The molecule has 0 saturated carbocycles. The Balaban J connectivity index is 1.65. The molecule has 0 aliphatic heterocycles. The third-order valence-corrected chi connectivity index (χ3v) is 3.80. The van der Waals surface area contributed by atoms with Crippen molar-refractivity contribution in [3.05, 3.63) is 70.9 Å². The van der Waals surface area contributed by atoms with E-state index in [1.165, 1.54) is 4.57 Å². The van der Waals surface area contributed by atoms with E-state index in [2.05, 4.69) is 20.9 Å². The lowest BCUT2D eigenvalue weighted by molar-refractivity contribution is 0.249. The summed E-state index contributed by atoms with van der Waals surface area (Å²) in [7, 11) is 1.63. The second-order valence-electron chi connectivity index (χ2n) is 5.60.